The Labute approximate surface area is 83.5 Å². The molecular formula is C7H6ClF2O3P. The van der Waals surface area contributed by atoms with E-state index in [-0.39, 0.29) is 5.02 Å². The zero-order chi connectivity index (χ0) is 11.0. The lowest BCUT2D eigenvalue weighted by Gasteiger charge is -2.18. The summed E-state index contributed by atoms with van der Waals surface area (Å²) < 4.78 is 36.6. The second-order valence-corrected chi connectivity index (χ2v) is 4.62. The van der Waals surface area contributed by atoms with E-state index in [1.807, 2.05) is 0 Å². The molecule has 0 radical (unpaired) electrons. The summed E-state index contributed by atoms with van der Waals surface area (Å²) in [5.41, 5.74) is -5.11. The quantitative estimate of drug-likeness (QED) is 0.784. The smallest absolute Gasteiger partial charge is 0.320 e. The summed E-state index contributed by atoms with van der Waals surface area (Å²) >= 11 is 5.39. The first-order valence-electron chi connectivity index (χ1n) is 3.45. The van der Waals surface area contributed by atoms with Crippen LogP contribution in [-0.4, -0.2) is 9.79 Å². The van der Waals surface area contributed by atoms with Crippen LogP contribution in [0.3, 0.4) is 0 Å². The number of halogens is 3. The van der Waals surface area contributed by atoms with Crippen LogP contribution in [-0.2, 0) is 10.2 Å². The van der Waals surface area contributed by atoms with Gasteiger partial charge in [0.1, 0.15) is 0 Å². The fourth-order valence-corrected chi connectivity index (χ4v) is 1.69. The topological polar surface area (TPSA) is 57.5 Å². The molecule has 0 aliphatic rings. The average Bonchev–Trinajstić information content (AvgIpc) is 2.02. The van der Waals surface area contributed by atoms with Crippen molar-refractivity contribution < 1.29 is 23.1 Å². The molecule has 0 atom stereocenters. The molecule has 14 heavy (non-hydrogen) atoms. The van der Waals surface area contributed by atoms with Gasteiger partial charge in [0.05, 0.1) is 10.6 Å². The Balaban J connectivity index is 3.31. The SMILES string of the molecule is O=P(O)(O)C(F)(F)c1ccccc1Cl. The fraction of sp³-hybridized carbons (Fsp3) is 0.143. The molecule has 7 heteroatoms. The highest BCUT2D eigenvalue weighted by molar-refractivity contribution is 7.52. The number of alkyl halides is 2. The number of hydrogen-bond donors (Lipinski definition) is 2. The van der Waals surface area contributed by atoms with E-state index in [9.17, 15) is 13.3 Å². The average molecular weight is 243 g/mol. The summed E-state index contributed by atoms with van der Waals surface area (Å²) in [6.45, 7) is 0. The van der Waals surface area contributed by atoms with Gasteiger partial charge in [-0.3, -0.25) is 4.57 Å². The molecule has 2 N–H and O–H groups in total. The summed E-state index contributed by atoms with van der Waals surface area (Å²) in [6, 6.07) is 4.63. The molecular weight excluding hydrogens is 236 g/mol. The van der Waals surface area contributed by atoms with Gasteiger partial charge in [0.25, 0.3) is 0 Å². The van der Waals surface area contributed by atoms with Crippen molar-refractivity contribution in [2.24, 2.45) is 0 Å². The van der Waals surface area contributed by atoms with Crippen LogP contribution in [0.4, 0.5) is 8.78 Å². The van der Waals surface area contributed by atoms with E-state index in [4.69, 9.17) is 21.4 Å². The molecule has 0 fully saturated rings. The van der Waals surface area contributed by atoms with Crippen molar-refractivity contribution in [3.8, 4) is 0 Å². The van der Waals surface area contributed by atoms with E-state index in [1.165, 1.54) is 12.1 Å². The van der Waals surface area contributed by atoms with Gasteiger partial charge in [0.2, 0.25) is 0 Å². The van der Waals surface area contributed by atoms with Crippen LogP contribution in [0.1, 0.15) is 5.56 Å². The van der Waals surface area contributed by atoms with Gasteiger partial charge in [0, 0.05) is 0 Å². The van der Waals surface area contributed by atoms with E-state index in [0.29, 0.717) is 0 Å². The summed E-state index contributed by atoms with van der Waals surface area (Å²) in [4.78, 5) is 16.9. The van der Waals surface area contributed by atoms with Crippen LogP contribution >= 0.6 is 19.2 Å². The van der Waals surface area contributed by atoms with Gasteiger partial charge in [-0.2, -0.15) is 8.78 Å². The molecule has 0 aliphatic carbocycles. The first kappa shape index (κ1) is 11.6. The second-order valence-electron chi connectivity index (χ2n) is 2.57. The third-order valence-corrected chi connectivity index (χ3v) is 2.87. The van der Waals surface area contributed by atoms with Crippen molar-refractivity contribution in [1.29, 1.82) is 0 Å². The van der Waals surface area contributed by atoms with Crippen molar-refractivity contribution in [2.45, 2.75) is 5.66 Å². The molecule has 0 aromatic heterocycles. The van der Waals surface area contributed by atoms with Gasteiger partial charge >= 0.3 is 13.3 Å². The molecule has 1 aromatic carbocycles. The Kier molecular flexibility index (Phi) is 2.97. The van der Waals surface area contributed by atoms with Crippen LogP contribution in [0.5, 0.6) is 0 Å². The molecule has 78 valence electrons. The minimum atomic E-state index is -5.54. The van der Waals surface area contributed by atoms with Crippen molar-refractivity contribution in [2.75, 3.05) is 0 Å². The molecule has 1 aromatic rings. The van der Waals surface area contributed by atoms with E-state index in [2.05, 4.69) is 0 Å². The van der Waals surface area contributed by atoms with E-state index >= 15 is 0 Å². The Bertz CT molecular complexity index is 390. The summed E-state index contributed by atoms with van der Waals surface area (Å²) in [6.07, 6.45) is 0. The van der Waals surface area contributed by atoms with Gasteiger partial charge < -0.3 is 9.79 Å². The molecule has 1 rings (SSSR count). The predicted octanol–water partition coefficient (Wildman–Crippen LogP) is 2.57. The van der Waals surface area contributed by atoms with Crippen molar-refractivity contribution >= 4 is 19.2 Å². The Hall–Kier alpha value is -0.480. The Morgan fingerprint density at radius 1 is 1.29 bits per heavy atom. The molecule has 0 saturated heterocycles. The van der Waals surface area contributed by atoms with E-state index < -0.39 is 18.8 Å². The molecule has 0 spiro atoms. The van der Waals surface area contributed by atoms with Crippen molar-refractivity contribution in [3.63, 3.8) is 0 Å². The molecule has 0 aliphatic heterocycles. The maximum Gasteiger partial charge on any atom is 0.399 e. The first-order chi connectivity index (χ1) is 6.27. The van der Waals surface area contributed by atoms with Crippen LogP contribution in [0.15, 0.2) is 24.3 Å². The molecule has 0 amide bonds. The van der Waals surface area contributed by atoms with E-state index in [1.54, 1.807) is 0 Å². The van der Waals surface area contributed by atoms with Gasteiger partial charge in [-0.15, -0.1) is 0 Å². The molecule has 0 unspecified atom stereocenters. The lowest BCUT2D eigenvalue weighted by molar-refractivity contribution is 0.0565. The van der Waals surface area contributed by atoms with E-state index in [0.717, 1.165) is 12.1 Å². The zero-order valence-electron chi connectivity index (χ0n) is 6.69. The predicted molar refractivity (Wildman–Crippen MR) is 47.4 cm³/mol. The summed E-state index contributed by atoms with van der Waals surface area (Å²) in [7, 11) is -5.54. The highest BCUT2D eigenvalue weighted by atomic mass is 35.5. The largest absolute Gasteiger partial charge is 0.399 e. The molecule has 0 heterocycles. The summed E-state index contributed by atoms with van der Waals surface area (Å²) in [5, 5.41) is -0.374. The van der Waals surface area contributed by atoms with Gasteiger partial charge in [0.15, 0.2) is 0 Å². The Morgan fingerprint density at radius 2 is 1.79 bits per heavy atom. The zero-order valence-corrected chi connectivity index (χ0v) is 8.34. The van der Waals surface area contributed by atoms with Crippen LogP contribution in [0.25, 0.3) is 0 Å². The van der Waals surface area contributed by atoms with Crippen molar-refractivity contribution in [3.05, 3.63) is 34.9 Å². The fourth-order valence-electron chi connectivity index (χ4n) is 0.862. The number of hydrogen-bond acceptors (Lipinski definition) is 1. The standard InChI is InChI=1S/C7H6ClF2O3P/c8-6-4-2-1-3-5(6)7(9,10)14(11,12)13/h1-4H,(H2,11,12,13). The van der Waals surface area contributed by atoms with Gasteiger partial charge in [-0.25, -0.2) is 0 Å². The van der Waals surface area contributed by atoms with Gasteiger partial charge in [-0.1, -0.05) is 29.8 Å². The second kappa shape index (κ2) is 3.59. The van der Waals surface area contributed by atoms with Crippen LogP contribution in [0.2, 0.25) is 5.02 Å². The normalized spacial score (nSPS) is 12.9. The molecule has 0 bridgehead atoms. The minimum Gasteiger partial charge on any atom is -0.320 e. The lowest BCUT2D eigenvalue weighted by Crippen LogP contribution is -2.14. The molecule has 0 saturated carbocycles. The van der Waals surface area contributed by atoms with Crippen molar-refractivity contribution in [1.82, 2.24) is 0 Å². The maximum atomic E-state index is 13.1. The third kappa shape index (κ3) is 1.96. The minimum absolute atomic E-state index is 0.374. The monoisotopic (exact) mass is 242 g/mol. The number of benzene rings is 1. The first-order valence-corrected chi connectivity index (χ1v) is 5.44. The Morgan fingerprint density at radius 3 is 2.21 bits per heavy atom. The lowest BCUT2D eigenvalue weighted by atomic mass is 10.2. The highest BCUT2D eigenvalue weighted by Gasteiger charge is 2.51. The number of rotatable bonds is 2. The third-order valence-electron chi connectivity index (χ3n) is 1.56. The van der Waals surface area contributed by atoms with Gasteiger partial charge in [-0.05, 0) is 6.07 Å². The summed E-state index contributed by atoms with van der Waals surface area (Å²) in [5.74, 6) is 0. The van der Waals surface area contributed by atoms with Crippen LogP contribution in [0, 0.1) is 0 Å². The molecule has 3 nitrogen and oxygen atoms in total. The maximum absolute atomic E-state index is 13.1. The highest BCUT2D eigenvalue weighted by Crippen LogP contribution is 2.60. The van der Waals surface area contributed by atoms with Crippen LogP contribution < -0.4 is 0 Å².